The van der Waals surface area contributed by atoms with Crippen molar-refractivity contribution in [3.05, 3.63) is 23.9 Å². The number of halogens is 3. The van der Waals surface area contributed by atoms with E-state index < -0.39 is 65.9 Å². The Morgan fingerprint density at radius 1 is 1.00 bits per heavy atom. The van der Waals surface area contributed by atoms with Gasteiger partial charge in [-0.1, -0.05) is 40.5 Å². The second-order valence-corrected chi connectivity index (χ2v) is 15.7. The largest absolute Gasteiger partial charge is 0.484 e. The summed E-state index contributed by atoms with van der Waals surface area (Å²) < 4.78 is 61.8. The van der Waals surface area contributed by atoms with Crippen molar-refractivity contribution in [2.24, 2.45) is 17.3 Å². The third-order valence-electron chi connectivity index (χ3n) is 9.31. The van der Waals surface area contributed by atoms with Crippen molar-refractivity contribution in [1.82, 2.24) is 20.2 Å². The number of alkyl halides is 3. The summed E-state index contributed by atoms with van der Waals surface area (Å²) in [6.45, 7) is 11.2. The van der Waals surface area contributed by atoms with Crippen LogP contribution in [0.4, 0.5) is 18.0 Å². The van der Waals surface area contributed by atoms with E-state index in [1.807, 2.05) is 27.7 Å². The van der Waals surface area contributed by atoms with Crippen LogP contribution in [0.2, 0.25) is 0 Å². The van der Waals surface area contributed by atoms with Gasteiger partial charge in [0.15, 0.2) is 6.61 Å². The first kappa shape index (κ1) is 37.4. The number of nitrogens with zero attached hydrogens (tertiary/aromatic N) is 3. The quantitative estimate of drug-likeness (QED) is 0.353. The highest BCUT2D eigenvalue weighted by atomic mass is 19.4. The number of ether oxygens (including phenoxy) is 4. The second kappa shape index (κ2) is 14.4. The van der Waals surface area contributed by atoms with Gasteiger partial charge in [-0.25, -0.2) is 19.6 Å². The molecule has 1 saturated heterocycles. The first-order valence-corrected chi connectivity index (χ1v) is 17.5. The highest BCUT2D eigenvalue weighted by Crippen LogP contribution is 2.39. The topological polar surface area (TPSA) is 129 Å². The Kier molecular flexibility index (Phi) is 10.8. The molecule has 2 aromatic rings. The minimum atomic E-state index is -4.51. The number of aryl methyl sites for hydroxylation is 1. The zero-order valence-electron chi connectivity index (χ0n) is 29.9. The lowest BCUT2D eigenvalue weighted by atomic mass is 9.85. The molecule has 0 spiro atoms. The van der Waals surface area contributed by atoms with Gasteiger partial charge in [0.1, 0.15) is 41.3 Å². The number of hydrogen-bond donors (Lipinski definition) is 1. The zero-order valence-corrected chi connectivity index (χ0v) is 29.9. The molecular weight excluding hydrogens is 657 g/mol. The van der Waals surface area contributed by atoms with Crippen LogP contribution in [0.25, 0.3) is 11.0 Å². The smallest absolute Gasteiger partial charge is 0.422 e. The van der Waals surface area contributed by atoms with Crippen molar-refractivity contribution in [3.63, 3.8) is 0 Å². The first-order valence-electron chi connectivity index (χ1n) is 17.5. The maximum absolute atomic E-state index is 14.5. The van der Waals surface area contributed by atoms with E-state index in [1.165, 1.54) is 17.0 Å². The van der Waals surface area contributed by atoms with Gasteiger partial charge < -0.3 is 29.2 Å². The molecular formula is C36H49F3N4O7. The van der Waals surface area contributed by atoms with E-state index in [-0.39, 0.29) is 35.7 Å². The molecule has 2 fully saturated rings. The zero-order chi connectivity index (χ0) is 36.6. The lowest BCUT2D eigenvalue weighted by molar-refractivity contribution is -0.165. The predicted octanol–water partition coefficient (Wildman–Crippen LogP) is 6.54. The summed E-state index contributed by atoms with van der Waals surface area (Å²) in [5.41, 5.74) is -0.267. The molecule has 3 heterocycles. The van der Waals surface area contributed by atoms with Crippen molar-refractivity contribution in [1.29, 1.82) is 0 Å². The van der Waals surface area contributed by atoms with E-state index in [4.69, 9.17) is 28.9 Å². The van der Waals surface area contributed by atoms with Crippen molar-refractivity contribution < 1.29 is 46.5 Å². The number of aromatic nitrogens is 2. The van der Waals surface area contributed by atoms with Gasteiger partial charge in [0.05, 0.1) is 17.6 Å². The molecule has 6 atom stereocenters. The Bertz CT molecular complexity index is 1570. The number of esters is 1. The molecule has 2 amide bonds. The van der Waals surface area contributed by atoms with Gasteiger partial charge in [0.25, 0.3) is 0 Å². The van der Waals surface area contributed by atoms with Gasteiger partial charge in [-0.2, -0.15) is 13.2 Å². The van der Waals surface area contributed by atoms with Crippen LogP contribution in [0, 0.1) is 17.3 Å². The molecule has 2 aliphatic heterocycles. The SMILES string of the molecule is CC[C@@H]1[C@@H]2CN(C(=O)[C@H](C(C)(C)C)NC(=O)O[C@@H]3C[C@H]3CCCCCc3nc4ccc(OCC(F)(F)F)cc4nc3O2)[C@@H]1C(=O)OC(C)(C)C. The molecule has 0 radical (unpaired) electrons. The maximum Gasteiger partial charge on any atom is 0.422 e. The Morgan fingerprint density at radius 2 is 1.74 bits per heavy atom. The first-order chi connectivity index (χ1) is 23.3. The van der Waals surface area contributed by atoms with Gasteiger partial charge in [-0.05, 0) is 76.3 Å². The van der Waals surface area contributed by atoms with E-state index in [0.29, 0.717) is 24.1 Å². The van der Waals surface area contributed by atoms with E-state index in [1.54, 1.807) is 26.8 Å². The number of rotatable bonds is 4. The van der Waals surface area contributed by atoms with Gasteiger partial charge >= 0.3 is 18.2 Å². The molecule has 1 aliphatic carbocycles. The summed E-state index contributed by atoms with van der Waals surface area (Å²) >= 11 is 0. The van der Waals surface area contributed by atoms with Crippen molar-refractivity contribution in [2.45, 2.75) is 129 Å². The molecule has 1 N–H and O–H groups in total. The maximum atomic E-state index is 14.5. The van der Waals surface area contributed by atoms with E-state index >= 15 is 0 Å². The van der Waals surface area contributed by atoms with Crippen LogP contribution in [-0.4, -0.2) is 82.1 Å². The normalized spacial score (nSPS) is 26.8. The number of fused-ring (bicyclic) bond motifs is 5. The van der Waals surface area contributed by atoms with Gasteiger partial charge in [-0.3, -0.25) is 4.79 Å². The highest BCUT2D eigenvalue weighted by molar-refractivity contribution is 5.91. The number of alkyl carbamates (subject to hydrolysis) is 1. The van der Waals surface area contributed by atoms with Crippen molar-refractivity contribution in [2.75, 3.05) is 13.2 Å². The Morgan fingerprint density at radius 3 is 2.40 bits per heavy atom. The molecule has 2 bridgehead atoms. The minimum Gasteiger partial charge on any atom is -0.484 e. The number of hydrogen-bond acceptors (Lipinski definition) is 9. The monoisotopic (exact) mass is 706 g/mol. The third kappa shape index (κ3) is 9.28. The fraction of sp³-hybridized carbons (Fsp3) is 0.694. The molecule has 5 rings (SSSR count). The van der Waals surface area contributed by atoms with Crippen LogP contribution in [-0.2, 0) is 25.5 Å². The molecule has 1 aromatic carbocycles. The third-order valence-corrected chi connectivity index (χ3v) is 9.31. The number of nitrogens with one attached hydrogen (secondary N) is 1. The average Bonchev–Trinajstić information content (AvgIpc) is 3.62. The molecule has 276 valence electrons. The minimum absolute atomic E-state index is 0.0108. The van der Waals surface area contributed by atoms with E-state index in [9.17, 15) is 27.6 Å². The van der Waals surface area contributed by atoms with Crippen LogP contribution in [0.3, 0.4) is 0 Å². The fourth-order valence-corrected chi connectivity index (χ4v) is 6.74. The lowest BCUT2D eigenvalue weighted by Gasteiger charge is -2.36. The second-order valence-electron chi connectivity index (χ2n) is 15.7. The summed E-state index contributed by atoms with van der Waals surface area (Å²) in [6.07, 6.45) is -0.952. The molecule has 50 heavy (non-hydrogen) atoms. The number of amides is 2. The molecule has 0 unspecified atom stereocenters. The van der Waals surface area contributed by atoms with Crippen LogP contribution < -0.4 is 14.8 Å². The lowest BCUT2D eigenvalue weighted by Crippen LogP contribution is -2.58. The van der Waals surface area contributed by atoms with Crippen LogP contribution >= 0.6 is 0 Å². The predicted molar refractivity (Wildman–Crippen MR) is 178 cm³/mol. The fourth-order valence-electron chi connectivity index (χ4n) is 6.74. The summed E-state index contributed by atoms with van der Waals surface area (Å²) in [6, 6.07) is 2.32. The van der Waals surface area contributed by atoms with Gasteiger partial charge in [0, 0.05) is 12.0 Å². The Balaban J connectivity index is 1.55. The van der Waals surface area contributed by atoms with E-state index in [2.05, 4.69) is 5.32 Å². The van der Waals surface area contributed by atoms with Gasteiger partial charge in [-0.15, -0.1) is 0 Å². The summed E-state index contributed by atoms with van der Waals surface area (Å²) in [5, 5.41) is 2.80. The highest BCUT2D eigenvalue weighted by Gasteiger charge is 2.53. The summed E-state index contributed by atoms with van der Waals surface area (Å²) in [4.78, 5) is 52.4. The number of carbonyl (C=O) groups excluding carboxylic acids is 3. The molecule has 1 aromatic heterocycles. The number of carbonyl (C=O) groups is 3. The van der Waals surface area contributed by atoms with Crippen molar-refractivity contribution >= 4 is 29.0 Å². The molecule has 1 saturated carbocycles. The van der Waals surface area contributed by atoms with Crippen LogP contribution in [0.15, 0.2) is 18.2 Å². The summed E-state index contributed by atoms with van der Waals surface area (Å²) in [7, 11) is 0. The van der Waals surface area contributed by atoms with Crippen LogP contribution in [0.1, 0.15) is 92.7 Å². The van der Waals surface area contributed by atoms with Crippen molar-refractivity contribution in [3.8, 4) is 11.6 Å². The molecule has 14 heteroatoms. The Labute approximate surface area is 290 Å². The van der Waals surface area contributed by atoms with Gasteiger partial charge in [0.2, 0.25) is 11.8 Å². The summed E-state index contributed by atoms with van der Waals surface area (Å²) in [5.74, 6) is -1.18. The Hall–Kier alpha value is -3.84. The van der Waals surface area contributed by atoms with Crippen LogP contribution in [0.5, 0.6) is 11.6 Å². The molecule has 11 nitrogen and oxygen atoms in total. The standard InChI is InChI=1S/C36H49F3N4O7/c1-8-22-27-18-43(28(22)32(45)50-35(5,6)7)31(44)29(34(2,3)4)42-33(46)49-26-16-20(26)12-10-9-11-13-24-30(48-27)41-25-17-21(14-15-23(25)40-24)47-19-36(37,38)39/h14-15,17,20,22,26-29H,8-13,16,18-19H2,1-7H3,(H,42,46)/t20-,22-,26-,27+,28+,29-/m1/s1. The van der Waals surface area contributed by atoms with E-state index in [0.717, 1.165) is 32.1 Å². The molecule has 3 aliphatic rings. The average molecular weight is 707 g/mol. The number of benzene rings is 1.